The molecule has 0 unspecified atom stereocenters. The molecule has 1 heterocycles. The van der Waals surface area contributed by atoms with Gasteiger partial charge in [-0.15, -0.1) is 0 Å². The highest BCUT2D eigenvalue weighted by atomic mass is 35.5. The Morgan fingerprint density at radius 1 is 1.05 bits per heavy atom. The molecule has 202 valence electrons. The molecule has 2 aromatic rings. The highest BCUT2D eigenvalue weighted by Gasteiger charge is 2.34. The number of halogens is 1. The number of hydrogen-bond acceptors (Lipinski definition) is 5. The van der Waals surface area contributed by atoms with Crippen molar-refractivity contribution in [1.82, 2.24) is 4.72 Å². The van der Waals surface area contributed by atoms with Crippen LogP contribution in [0.15, 0.2) is 42.5 Å². The van der Waals surface area contributed by atoms with Crippen LogP contribution in [0.5, 0.6) is 0 Å². The van der Waals surface area contributed by atoms with Crippen LogP contribution in [-0.4, -0.2) is 43.8 Å². The molecule has 9 heteroatoms. The van der Waals surface area contributed by atoms with Crippen LogP contribution in [0.1, 0.15) is 63.5 Å². The number of carbonyl (C=O) groups excluding carboxylic acids is 1. The monoisotopic (exact) mass is 547 g/mol. The average Bonchev–Trinajstić information content (AvgIpc) is 2.86. The quantitative estimate of drug-likeness (QED) is 0.455. The Balaban J connectivity index is 1.30. The fraction of sp³-hybridized carbons (Fsp3) is 0.536. The predicted octanol–water partition coefficient (Wildman–Crippen LogP) is 4.96. The van der Waals surface area contributed by atoms with E-state index < -0.39 is 20.9 Å². The molecule has 1 aliphatic heterocycles. The van der Waals surface area contributed by atoms with Crippen LogP contribution >= 0.6 is 11.6 Å². The maximum atomic E-state index is 12.9. The summed E-state index contributed by atoms with van der Waals surface area (Å²) in [5.41, 5.74) is 2.91. The van der Waals surface area contributed by atoms with Gasteiger partial charge in [0, 0.05) is 41.4 Å². The SMILES string of the molecule is Cc1cc(N2CCC(O)(c3ccc(Cl)cc3)CC2)ccc1NC(=O)C1CCC(NS(=O)(=O)C(C)C)CC1. The molecule has 0 spiro atoms. The number of carbonyl (C=O) groups is 1. The van der Waals surface area contributed by atoms with Gasteiger partial charge in [0.05, 0.1) is 10.9 Å². The number of sulfonamides is 1. The minimum atomic E-state index is -3.30. The molecule has 0 atom stereocenters. The van der Waals surface area contributed by atoms with E-state index in [0.717, 1.165) is 35.6 Å². The Bertz CT molecular complexity index is 1200. The van der Waals surface area contributed by atoms with Gasteiger partial charge in [-0.2, -0.15) is 0 Å². The van der Waals surface area contributed by atoms with Crippen molar-refractivity contribution in [2.45, 2.75) is 76.2 Å². The normalized spacial score (nSPS) is 22.2. The minimum Gasteiger partial charge on any atom is -0.385 e. The molecule has 1 saturated carbocycles. The van der Waals surface area contributed by atoms with E-state index in [0.29, 0.717) is 43.5 Å². The molecule has 7 nitrogen and oxygen atoms in total. The summed E-state index contributed by atoms with van der Waals surface area (Å²) in [6.45, 7) is 6.79. The van der Waals surface area contributed by atoms with E-state index in [1.165, 1.54) is 0 Å². The molecule has 1 aliphatic carbocycles. The standard InChI is InChI=1S/C28H38ClN3O4S/c1-19(2)37(35,36)31-24-10-4-21(5-11-24)27(33)30-26-13-12-25(18-20(26)3)32-16-14-28(34,15-17-32)22-6-8-23(29)9-7-22/h6-9,12-13,18-19,21,24,31,34H,4-5,10-11,14-17H2,1-3H3,(H,30,33). The zero-order chi connectivity index (χ0) is 26.8. The van der Waals surface area contributed by atoms with Crippen LogP contribution in [0.2, 0.25) is 5.02 Å². The summed E-state index contributed by atoms with van der Waals surface area (Å²) in [5, 5.41) is 14.5. The van der Waals surface area contributed by atoms with Gasteiger partial charge in [0.1, 0.15) is 0 Å². The van der Waals surface area contributed by atoms with Crippen LogP contribution in [0, 0.1) is 12.8 Å². The first-order valence-corrected chi connectivity index (χ1v) is 15.1. The van der Waals surface area contributed by atoms with Crippen molar-refractivity contribution in [2.75, 3.05) is 23.3 Å². The topological polar surface area (TPSA) is 98.7 Å². The third-order valence-electron chi connectivity index (χ3n) is 7.85. The molecule has 2 aromatic carbocycles. The van der Waals surface area contributed by atoms with Gasteiger partial charge in [0.15, 0.2) is 0 Å². The molecule has 3 N–H and O–H groups in total. The lowest BCUT2D eigenvalue weighted by atomic mass is 9.84. The summed E-state index contributed by atoms with van der Waals surface area (Å²) >= 11 is 6.00. The van der Waals surface area contributed by atoms with E-state index in [-0.39, 0.29) is 17.9 Å². The number of benzene rings is 2. The Morgan fingerprint density at radius 2 is 1.68 bits per heavy atom. The third-order valence-corrected chi connectivity index (χ3v) is 10.0. The van der Waals surface area contributed by atoms with Crippen LogP contribution < -0.4 is 14.9 Å². The van der Waals surface area contributed by atoms with Crippen molar-refractivity contribution in [3.8, 4) is 0 Å². The van der Waals surface area contributed by atoms with E-state index in [1.54, 1.807) is 13.8 Å². The fourth-order valence-electron chi connectivity index (χ4n) is 5.25. The van der Waals surface area contributed by atoms with Gasteiger partial charge in [0.25, 0.3) is 0 Å². The van der Waals surface area contributed by atoms with Gasteiger partial charge < -0.3 is 15.3 Å². The maximum absolute atomic E-state index is 12.9. The molecule has 0 bridgehead atoms. The van der Waals surface area contributed by atoms with Crippen molar-refractivity contribution >= 4 is 38.9 Å². The molecule has 1 amide bonds. The lowest BCUT2D eigenvalue weighted by Gasteiger charge is -2.40. The van der Waals surface area contributed by atoms with Crippen molar-refractivity contribution in [3.63, 3.8) is 0 Å². The van der Waals surface area contributed by atoms with Gasteiger partial charge in [-0.25, -0.2) is 13.1 Å². The van der Waals surface area contributed by atoms with Gasteiger partial charge in [-0.1, -0.05) is 23.7 Å². The molecular formula is C28H38ClN3O4S. The minimum absolute atomic E-state index is 0.00739. The van der Waals surface area contributed by atoms with Crippen molar-refractivity contribution in [2.24, 2.45) is 5.92 Å². The summed E-state index contributed by atoms with van der Waals surface area (Å²) in [4.78, 5) is 15.2. The molecule has 1 saturated heterocycles. The Labute approximate surface area is 225 Å². The molecule has 0 radical (unpaired) electrons. The predicted molar refractivity (Wildman–Crippen MR) is 150 cm³/mol. The summed E-state index contributed by atoms with van der Waals surface area (Å²) in [7, 11) is -3.30. The Hall–Kier alpha value is -2.13. The van der Waals surface area contributed by atoms with Crippen LogP contribution in [0.4, 0.5) is 11.4 Å². The number of nitrogens with zero attached hydrogens (tertiary/aromatic N) is 1. The molecule has 4 rings (SSSR count). The molecule has 2 aliphatic rings. The van der Waals surface area contributed by atoms with Crippen molar-refractivity contribution in [3.05, 3.63) is 58.6 Å². The molecule has 37 heavy (non-hydrogen) atoms. The Morgan fingerprint density at radius 3 is 2.24 bits per heavy atom. The fourth-order valence-corrected chi connectivity index (χ4v) is 6.34. The van der Waals surface area contributed by atoms with Gasteiger partial charge in [0.2, 0.25) is 15.9 Å². The van der Waals surface area contributed by atoms with E-state index in [2.05, 4.69) is 21.0 Å². The zero-order valence-electron chi connectivity index (χ0n) is 21.8. The Kier molecular flexibility index (Phi) is 8.53. The lowest BCUT2D eigenvalue weighted by molar-refractivity contribution is -0.120. The zero-order valence-corrected chi connectivity index (χ0v) is 23.4. The third kappa shape index (κ3) is 6.66. The number of anilines is 2. The second-order valence-electron chi connectivity index (χ2n) is 10.8. The molecular weight excluding hydrogens is 510 g/mol. The second kappa shape index (κ2) is 11.3. The first-order valence-electron chi connectivity index (χ1n) is 13.1. The van der Waals surface area contributed by atoms with Crippen LogP contribution in [0.3, 0.4) is 0 Å². The maximum Gasteiger partial charge on any atom is 0.227 e. The number of rotatable bonds is 7. The highest BCUT2D eigenvalue weighted by molar-refractivity contribution is 7.90. The summed E-state index contributed by atoms with van der Waals surface area (Å²) in [6.07, 6.45) is 3.92. The summed E-state index contributed by atoms with van der Waals surface area (Å²) in [6, 6.07) is 13.4. The number of piperidine rings is 1. The number of amides is 1. The van der Waals surface area contributed by atoms with Crippen LogP contribution in [-0.2, 0) is 20.4 Å². The average molecular weight is 548 g/mol. The smallest absolute Gasteiger partial charge is 0.227 e. The molecule has 0 aromatic heterocycles. The van der Waals surface area contributed by atoms with E-state index in [4.69, 9.17) is 11.6 Å². The number of aryl methyl sites for hydroxylation is 1. The number of aliphatic hydroxyl groups is 1. The highest BCUT2D eigenvalue weighted by Crippen LogP contribution is 2.36. The van der Waals surface area contributed by atoms with E-state index in [1.807, 2.05) is 43.3 Å². The van der Waals surface area contributed by atoms with E-state index >= 15 is 0 Å². The number of hydrogen-bond donors (Lipinski definition) is 3. The summed E-state index contributed by atoms with van der Waals surface area (Å²) < 4.78 is 27.0. The first kappa shape index (κ1) is 27.9. The number of nitrogens with one attached hydrogen (secondary N) is 2. The first-order chi connectivity index (χ1) is 17.5. The van der Waals surface area contributed by atoms with Crippen LogP contribution in [0.25, 0.3) is 0 Å². The van der Waals surface area contributed by atoms with Gasteiger partial charge in [-0.05, 0) is 101 Å². The summed E-state index contributed by atoms with van der Waals surface area (Å²) in [5.74, 6) is -0.126. The second-order valence-corrected chi connectivity index (χ2v) is 13.5. The lowest BCUT2D eigenvalue weighted by Crippen LogP contribution is -2.42. The van der Waals surface area contributed by atoms with Crippen molar-refractivity contribution < 1.29 is 18.3 Å². The van der Waals surface area contributed by atoms with Gasteiger partial charge in [-0.3, -0.25) is 4.79 Å². The largest absolute Gasteiger partial charge is 0.385 e. The van der Waals surface area contributed by atoms with Gasteiger partial charge >= 0.3 is 0 Å². The van der Waals surface area contributed by atoms with E-state index in [9.17, 15) is 18.3 Å². The molecule has 2 fully saturated rings. The van der Waals surface area contributed by atoms with Crippen molar-refractivity contribution in [1.29, 1.82) is 0 Å².